The molecule has 0 saturated heterocycles. The Kier molecular flexibility index (Phi) is 7.98. The molecule has 3 aromatic carbocycles. The number of anilines is 3. The Labute approximate surface area is 238 Å². The molecule has 0 bridgehead atoms. The predicted molar refractivity (Wildman–Crippen MR) is 164 cm³/mol. The van der Waals surface area contributed by atoms with Gasteiger partial charge < -0.3 is 20.1 Å². The third-order valence-electron chi connectivity index (χ3n) is 6.68. The van der Waals surface area contributed by atoms with Gasteiger partial charge in [-0.15, -0.1) is 11.3 Å². The summed E-state index contributed by atoms with van der Waals surface area (Å²) in [4.78, 5) is 24.2. The van der Waals surface area contributed by atoms with Crippen LogP contribution in [0.4, 0.5) is 17.2 Å². The van der Waals surface area contributed by atoms with Crippen LogP contribution in [0.15, 0.2) is 67.0 Å². The molecule has 204 valence electrons. The van der Waals surface area contributed by atoms with Gasteiger partial charge in [-0.1, -0.05) is 36.4 Å². The van der Waals surface area contributed by atoms with Crippen molar-refractivity contribution in [2.45, 2.75) is 34.6 Å². The summed E-state index contributed by atoms with van der Waals surface area (Å²) in [6.45, 7) is 11.1. The van der Waals surface area contributed by atoms with Crippen LogP contribution >= 0.6 is 11.3 Å². The third kappa shape index (κ3) is 5.49. The first kappa shape index (κ1) is 27.1. The molecule has 0 aliphatic carbocycles. The van der Waals surface area contributed by atoms with E-state index in [1.165, 1.54) is 16.0 Å². The second-order valence-electron chi connectivity index (χ2n) is 9.39. The van der Waals surface area contributed by atoms with E-state index in [1.54, 1.807) is 35.9 Å². The molecule has 7 nitrogen and oxygen atoms in total. The lowest BCUT2D eigenvalue weighted by Gasteiger charge is -2.18. The molecule has 0 aliphatic heterocycles. The first-order valence-electron chi connectivity index (χ1n) is 13.3. The van der Waals surface area contributed by atoms with Gasteiger partial charge in [0, 0.05) is 28.1 Å². The fraction of sp³-hybridized carbons (Fsp3) is 0.219. The maximum absolute atomic E-state index is 12.9. The number of carbonyl (C=O) groups is 1. The molecule has 0 aliphatic rings. The Morgan fingerprint density at radius 2 is 1.55 bits per heavy atom. The highest BCUT2D eigenvalue weighted by Crippen LogP contribution is 2.44. The van der Waals surface area contributed by atoms with Crippen molar-refractivity contribution in [1.29, 1.82) is 0 Å². The highest BCUT2D eigenvalue weighted by atomic mass is 32.1. The van der Waals surface area contributed by atoms with Gasteiger partial charge >= 0.3 is 0 Å². The quantitative estimate of drug-likeness (QED) is 0.192. The van der Waals surface area contributed by atoms with Gasteiger partial charge in [-0.05, 0) is 63.4 Å². The van der Waals surface area contributed by atoms with Crippen LogP contribution < -0.4 is 20.1 Å². The number of benzene rings is 3. The molecule has 0 atom stereocenters. The lowest BCUT2D eigenvalue weighted by Crippen LogP contribution is -2.13. The van der Waals surface area contributed by atoms with Crippen LogP contribution in [-0.2, 0) is 0 Å². The first-order valence-corrected chi connectivity index (χ1v) is 14.1. The Hall–Kier alpha value is -4.43. The number of nitrogens with one attached hydrogen (secondary N) is 2. The number of hydrogen-bond acceptors (Lipinski definition) is 7. The minimum atomic E-state index is -0.228. The zero-order valence-corrected chi connectivity index (χ0v) is 24.1. The molecule has 2 heterocycles. The third-order valence-corrected chi connectivity index (χ3v) is 7.69. The van der Waals surface area contributed by atoms with Crippen molar-refractivity contribution in [3.8, 4) is 22.6 Å². The number of ether oxygens (including phenoxy) is 2. The summed E-state index contributed by atoms with van der Waals surface area (Å²) in [6, 6.07) is 19.2. The summed E-state index contributed by atoms with van der Waals surface area (Å²) in [7, 11) is 0. The van der Waals surface area contributed by atoms with Gasteiger partial charge in [0.15, 0.2) is 0 Å². The van der Waals surface area contributed by atoms with E-state index in [2.05, 4.69) is 59.6 Å². The fourth-order valence-electron chi connectivity index (χ4n) is 4.60. The number of aromatic nitrogens is 2. The van der Waals surface area contributed by atoms with Crippen molar-refractivity contribution < 1.29 is 14.3 Å². The second kappa shape index (κ2) is 11.8. The van der Waals surface area contributed by atoms with Crippen LogP contribution in [0.5, 0.6) is 11.5 Å². The summed E-state index contributed by atoms with van der Waals surface area (Å²) < 4.78 is 12.0. The van der Waals surface area contributed by atoms with Crippen LogP contribution in [0, 0.1) is 20.8 Å². The van der Waals surface area contributed by atoms with E-state index in [0.717, 1.165) is 21.3 Å². The SMILES string of the molecule is CCOc1cc(Nc2ncnc3sc(C)c(-c4ccc(C)c(C)c4)c23)c(OCC)cc1NC(=O)c1ccccc1. The van der Waals surface area contributed by atoms with Crippen LogP contribution in [0.2, 0.25) is 0 Å². The summed E-state index contributed by atoms with van der Waals surface area (Å²) in [5, 5.41) is 7.43. The van der Waals surface area contributed by atoms with Gasteiger partial charge in [-0.2, -0.15) is 0 Å². The standard InChI is InChI=1S/C32H32N4O3S/c1-6-38-26-17-25(36-31(37)22-11-9-8-10-12-22)27(39-7-2)16-24(26)35-30-29-28(21(5)40-32(29)34-18-33-30)23-14-13-19(3)20(4)15-23/h8-18H,6-7H2,1-5H3,(H,36,37)(H,33,34,35). The number of thiophene rings is 1. The van der Waals surface area contributed by atoms with Gasteiger partial charge in [0.2, 0.25) is 0 Å². The van der Waals surface area contributed by atoms with E-state index in [4.69, 9.17) is 9.47 Å². The van der Waals surface area contributed by atoms with E-state index < -0.39 is 0 Å². The molecular weight excluding hydrogens is 520 g/mol. The molecule has 2 aromatic heterocycles. The molecule has 0 spiro atoms. The molecule has 0 unspecified atom stereocenters. The average Bonchev–Trinajstić information content (AvgIpc) is 3.29. The molecule has 8 heteroatoms. The maximum Gasteiger partial charge on any atom is 0.255 e. The smallest absolute Gasteiger partial charge is 0.255 e. The summed E-state index contributed by atoms with van der Waals surface area (Å²) in [6.07, 6.45) is 1.57. The number of nitrogens with zero attached hydrogens (tertiary/aromatic N) is 2. The van der Waals surface area contributed by atoms with Gasteiger partial charge in [-0.25, -0.2) is 9.97 Å². The van der Waals surface area contributed by atoms with E-state index in [9.17, 15) is 4.79 Å². The van der Waals surface area contributed by atoms with Crippen LogP contribution in [0.25, 0.3) is 21.3 Å². The maximum atomic E-state index is 12.9. The number of aryl methyl sites for hydroxylation is 3. The fourth-order valence-corrected chi connectivity index (χ4v) is 5.61. The van der Waals surface area contributed by atoms with Crippen molar-refractivity contribution in [1.82, 2.24) is 9.97 Å². The zero-order valence-electron chi connectivity index (χ0n) is 23.3. The monoisotopic (exact) mass is 552 g/mol. The molecule has 0 radical (unpaired) electrons. The number of amides is 1. The number of carbonyl (C=O) groups excluding carboxylic acids is 1. The minimum Gasteiger partial charge on any atom is -0.492 e. The number of hydrogen-bond donors (Lipinski definition) is 2. The summed E-state index contributed by atoms with van der Waals surface area (Å²) in [5.74, 6) is 1.54. The topological polar surface area (TPSA) is 85.4 Å². The van der Waals surface area contributed by atoms with Gasteiger partial charge in [0.1, 0.15) is 28.5 Å². The average molecular weight is 553 g/mol. The van der Waals surface area contributed by atoms with E-state index in [-0.39, 0.29) is 5.91 Å². The summed E-state index contributed by atoms with van der Waals surface area (Å²) in [5.41, 5.74) is 6.48. The largest absolute Gasteiger partial charge is 0.492 e. The predicted octanol–water partition coefficient (Wildman–Crippen LogP) is 8.08. The molecule has 1 amide bonds. The van der Waals surface area contributed by atoms with Gasteiger partial charge in [0.25, 0.3) is 5.91 Å². The number of rotatable bonds is 9. The Balaban J connectivity index is 1.59. The molecule has 5 aromatic rings. The highest BCUT2D eigenvalue weighted by molar-refractivity contribution is 7.19. The van der Waals surface area contributed by atoms with E-state index >= 15 is 0 Å². The Morgan fingerprint density at radius 3 is 2.25 bits per heavy atom. The van der Waals surface area contributed by atoms with Crippen LogP contribution in [-0.4, -0.2) is 29.1 Å². The molecular formula is C32H32N4O3S. The van der Waals surface area contributed by atoms with Crippen molar-refractivity contribution >= 4 is 44.7 Å². The van der Waals surface area contributed by atoms with Gasteiger partial charge in [-0.3, -0.25) is 4.79 Å². The van der Waals surface area contributed by atoms with Gasteiger partial charge in [0.05, 0.1) is 30.0 Å². The molecule has 40 heavy (non-hydrogen) atoms. The minimum absolute atomic E-state index is 0.228. The lowest BCUT2D eigenvalue weighted by atomic mass is 9.99. The Bertz CT molecular complexity index is 1680. The van der Waals surface area contributed by atoms with Crippen LogP contribution in [0.1, 0.15) is 40.2 Å². The molecule has 2 N–H and O–H groups in total. The van der Waals surface area contributed by atoms with Crippen molar-refractivity contribution in [2.75, 3.05) is 23.8 Å². The molecule has 5 rings (SSSR count). The van der Waals surface area contributed by atoms with Crippen molar-refractivity contribution in [2.24, 2.45) is 0 Å². The lowest BCUT2D eigenvalue weighted by molar-refractivity contribution is 0.102. The normalized spacial score (nSPS) is 10.9. The van der Waals surface area contributed by atoms with E-state index in [0.29, 0.717) is 47.5 Å². The van der Waals surface area contributed by atoms with E-state index in [1.807, 2.05) is 38.1 Å². The first-order chi connectivity index (χ1) is 19.4. The van der Waals surface area contributed by atoms with Crippen molar-refractivity contribution in [3.63, 3.8) is 0 Å². The Morgan fingerprint density at radius 1 is 0.850 bits per heavy atom. The molecule has 0 fully saturated rings. The summed E-state index contributed by atoms with van der Waals surface area (Å²) >= 11 is 1.65. The van der Waals surface area contributed by atoms with Crippen LogP contribution in [0.3, 0.4) is 0 Å². The second-order valence-corrected chi connectivity index (χ2v) is 10.6. The number of fused-ring (bicyclic) bond motifs is 1. The van der Waals surface area contributed by atoms with Crippen molar-refractivity contribution in [3.05, 3.63) is 88.6 Å². The highest BCUT2D eigenvalue weighted by Gasteiger charge is 2.20. The molecule has 0 saturated carbocycles. The zero-order chi connectivity index (χ0) is 28.2.